The molecule has 0 radical (unpaired) electrons. The molecular weight excluding hydrogens is 716 g/mol. The monoisotopic (exact) mass is 759 g/mol. The molecular formula is C36H43N2O14S+. The molecule has 53 heavy (non-hydrogen) atoms. The van der Waals surface area contributed by atoms with Gasteiger partial charge in [-0.1, -0.05) is 43.3 Å². The van der Waals surface area contributed by atoms with Crippen molar-refractivity contribution in [2.45, 2.75) is 93.1 Å². The summed E-state index contributed by atoms with van der Waals surface area (Å²) in [6.07, 6.45) is -1.53. The third kappa shape index (κ3) is 5.28. The summed E-state index contributed by atoms with van der Waals surface area (Å²) in [6.45, 7) is 7.61. The van der Waals surface area contributed by atoms with E-state index < -0.39 is 91.0 Å². The molecule has 1 aromatic heterocycles. The van der Waals surface area contributed by atoms with Gasteiger partial charge in [-0.3, -0.25) is 19.2 Å². The quantitative estimate of drug-likeness (QED) is 0.160. The Balaban J connectivity index is 0.943. The predicted octanol–water partition coefficient (Wildman–Crippen LogP) is 1.99. The number of aromatic nitrogens is 2. The number of Topliss-reactive ketones (excluding diaryl/α,β-unsaturated/α-hetero) is 2. The van der Waals surface area contributed by atoms with Crippen LogP contribution in [0.4, 0.5) is 0 Å². The van der Waals surface area contributed by atoms with Crippen LogP contribution in [0.2, 0.25) is 0 Å². The zero-order valence-electron chi connectivity index (χ0n) is 29.4. The van der Waals surface area contributed by atoms with Gasteiger partial charge in [-0.25, -0.2) is 8.42 Å². The number of H-pyrrole nitrogens is 1. The van der Waals surface area contributed by atoms with E-state index in [4.69, 9.17) is 18.9 Å². The van der Waals surface area contributed by atoms with Crippen LogP contribution in [0.5, 0.6) is 5.88 Å². The number of hydrogen-bond acceptors (Lipinski definition) is 14. The highest BCUT2D eigenvalue weighted by molar-refractivity contribution is 7.91. The van der Waals surface area contributed by atoms with Crippen molar-refractivity contribution >= 4 is 33.3 Å². The molecule has 6 aliphatic rings. The molecule has 4 saturated carbocycles. The highest BCUT2D eigenvalue weighted by atomic mass is 32.2. The Kier molecular flexibility index (Phi) is 9.10. The summed E-state index contributed by atoms with van der Waals surface area (Å²) in [5, 5.41) is 25.5. The minimum atomic E-state index is -4.24. The molecule has 3 N–H and O–H groups in total. The smallest absolute Gasteiger partial charge is 0.404 e. The number of fused-ring (bicyclic) bond motifs is 2. The fraction of sp³-hybridized carbons (Fsp3) is 0.611. The number of rotatable bonds is 12. The second-order valence-electron chi connectivity index (χ2n) is 15.4. The number of carbonyl (C=O) groups is 4. The average molecular weight is 760 g/mol. The molecule has 2 saturated heterocycles. The summed E-state index contributed by atoms with van der Waals surface area (Å²) in [4.78, 5) is 65.8. The van der Waals surface area contributed by atoms with Crippen molar-refractivity contribution in [1.29, 1.82) is 0 Å². The number of unbranched alkanes of at least 4 members (excludes halogenated alkanes) is 1. The average Bonchev–Trinajstić information content (AvgIpc) is 3.55. The van der Waals surface area contributed by atoms with E-state index in [0.29, 0.717) is 32.1 Å². The van der Waals surface area contributed by atoms with Gasteiger partial charge in [0.05, 0.1) is 43.0 Å². The number of sulfone groups is 1. The third-order valence-electron chi connectivity index (χ3n) is 12.3. The number of aliphatic hydroxyl groups excluding tert-OH is 1. The molecule has 4 bridgehead atoms. The van der Waals surface area contributed by atoms with E-state index in [2.05, 4.69) is 16.4 Å². The Morgan fingerprint density at radius 1 is 1.08 bits per heavy atom. The number of aromatic amines is 1. The van der Waals surface area contributed by atoms with Crippen molar-refractivity contribution in [3.05, 3.63) is 47.4 Å². The largest absolute Gasteiger partial charge is 0.466 e. The molecule has 8 rings (SSSR count). The molecule has 8 atom stereocenters. The van der Waals surface area contributed by atoms with Gasteiger partial charge in [0.25, 0.3) is 9.84 Å². The van der Waals surface area contributed by atoms with Gasteiger partial charge in [-0.2, -0.15) is 0 Å². The van der Waals surface area contributed by atoms with Gasteiger partial charge >= 0.3 is 22.8 Å². The van der Waals surface area contributed by atoms with E-state index in [1.54, 1.807) is 6.07 Å². The first kappa shape index (κ1) is 37.1. The minimum absolute atomic E-state index is 0.0528. The highest BCUT2D eigenvalue weighted by Crippen LogP contribution is 2.76. The number of hydrogen-bond donors (Lipinski definition) is 3. The van der Waals surface area contributed by atoms with Gasteiger partial charge in [-0.05, 0) is 71.2 Å². The normalized spacial score (nSPS) is 34.0. The summed E-state index contributed by atoms with van der Waals surface area (Å²) in [7, 11) is -4.24. The maximum absolute atomic E-state index is 14.2. The second-order valence-corrected chi connectivity index (χ2v) is 17.3. The number of carbonyl (C=O) groups excluding carboxylic acids is 4. The van der Waals surface area contributed by atoms with Crippen LogP contribution in [0, 0.1) is 38.9 Å². The van der Waals surface area contributed by atoms with Gasteiger partial charge in [0.1, 0.15) is 23.4 Å². The summed E-state index contributed by atoms with van der Waals surface area (Å²) >= 11 is 0. The molecule has 6 fully saturated rings. The number of benzene rings is 1. The van der Waals surface area contributed by atoms with E-state index in [1.165, 1.54) is 24.3 Å². The topological polar surface area (TPSA) is 232 Å². The van der Waals surface area contributed by atoms with Crippen LogP contribution < -0.4 is 9.34 Å². The van der Waals surface area contributed by atoms with Gasteiger partial charge in [-0.15, -0.1) is 0 Å². The first-order chi connectivity index (χ1) is 25.0. The van der Waals surface area contributed by atoms with Gasteiger partial charge in [0.2, 0.25) is 10.4 Å². The maximum Gasteiger partial charge on any atom is 0.404 e. The Bertz CT molecular complexity index is 2020. The minimum Gasteiger partial charge on any atom is -0.466 e. The van der Waals surface area contributed by atoms with Crippen LogP contribution >= 0.6 is 0 Å². The lowest BCUT2D eigenvalue weighted by Crippen LogP contribution is -2.85. The number of nitrogens with one attached hydrogen (secondary N) is 1. The predicted molar refractivity (Wildman–Crippen MR) is 177 cm³/mol. The van der Waals surface area contributed by atoms with Crippen LogP contribution in [-0.2, 0) is 43.2 Å². The van der Waals surface area contributed by atoms with Crippen LogP contribution in [0.1, 0.15) is 65.2 Å². The molecule has 1 aromatic carbocycles. The number of aliphatic hydroxyl groups is 2. The molecule has 2 spiro atoms. The van der Waals surface area contributed by atoms with Crippen LogP contribution in [0.25, 0.3) is 0 Å². The van der Waals surface area contributed by atoms with E-state index in [9.17, 15) is 42.7 Å². The number of nitrogens with zero attached hydrogens (tertiary/aromatic N) is 1. The van der Waals surface area contributed by atoms with Crippen molar-refractivity contribution < 1.29 is 66.0 Å². The number of ether oxygens (including phenoxy) is 4. The van der Waals surface area contributed by atoms with Gasteiger partial charge in [0, 0.05) is 18.3 Å². The van der Waals surface area contributed by atoms with Crippen molar-refractivity contribution in [3.8, 4) is 5.88 Å². The zero-order valence-corrected chi connectivity index (χ0v) is 30.2. The molecule has 3 heterocycles. The Labute approximate surface area is 304 Å². The van der Waals surface area contributed by atoms with Crippen molar-refractivity contribution in [2.75, 3.05) is 19.8 Å². The fourth-order valence-electron chi connectivity index (χ4n) is 10.1. The van der Waals surface area contributed by atoms with Gasteiger partial charge < -0.3 is 29.2 Å². The highest BCUT2D eigenvalue weighted by Gasteiger charge is 2.88. The Morgan fingerprint density at radius 3 is 2.51 bits per heavy atom. The van der Waals surface area contributed by atoms with Crippen LogP contribution in [0.3, 0.4) is 0 Å². The number of ketones is 2. The molecule has 2 aliphatic heterocycles. The molecule has 0 amide bonds. The summed E-state index contributed by atoms with van der Waals surface area (Å²) in [5.74, 6) is -7.14. The van der Waals surface area contributed by atoms with Crippen LogP contribution in [-0.4, -0.2) is 85.1 Å². The van der Waals surface area contributed by atoms with Crippen LogP contribution in [0.15, 0.2) is 57.0 Å². The Hall–Kier alpha value is -4.19. The molecule has 2 aromatic rings. The van der Waals surface area contributed by atoms with E-state index in [-0.39, 0.29) is 59.4 Å². The molecule has 17 heteroatoms. The maximum atomic E-state index is 14.2. The lowest BCUT2D eigenvalue weighted by Gasteiger charge is -2.72. The first-order valence-corrected chi connectivity index (χ1v) is 19.3. The lowest BCUT2D eigenvalue weighted by molar-refractivity contribution is -0.744. The first-order valence-electron chi connectivity index (χ1n) is 17.8. The third-order valence-corrected chi connectivity index (χ3v) is 14.1. The summed E-state index contributed by atoms with van der Waals surface area (Å²) in [6, 6.07) is 7.29. The molecule has 16 nitrogen and oxygen atoms in total. The van der Waals surface area contributed by atoms with Gasteiger partial charge in [0.15, 0.2) is 5.78 Å². The van der Waals surface area contributed by atoms with Crippen molar-refractivity contribution in [1.82, 2.24) is 5.16 Å². The van der Waals surface area contributed by atoms with Crippen molar-refractivity contribution in [2.24, 2.45) is 34.0 Å². The SMILES string of the molecule is C=C1C(=O)[C@]23[C@H](OC(=O)CCC(=O)OCCCCOc4[nH]o[n+](=O)c4S(=O)(=O)c4ccccc4)[C@H]1CC[C@H]2[C@@]12CO[C@@]3(O)[C@@H](O)[C@@H]1C(C)(C)CCC2=O. The molecule has 4 aliphatic carbocycles. The fourth-order valence-corrected chi connectivity index (χ4v) is 11.4. The Morgan fingerprint density at radius 2 is 1.77 bits per heavy atom. The van der Waals surface area contributed by atoms with E-state index in [0.717, 1.165) is 0 Å². The lowest BCUT2D eigenvalue weighted by atomic mass is 9.36. The molecule has 0 unspecified atom stereocenters. The van der Waals surface area contributed by atoms with E-state index in [1.807, 2.05) is 13.8 Å². The zero-order chi connectivity index (χ0) is 38.1. The van der Waals surface area contributed by atoms with Crippen molar-refractivity contribution in [3.63, 3.8) is 0 Å². The number of esters is 2. The molecule has 286 valence electrons. The van der Waals surface area contributed by atoms with E-state index >= 15 is 0 Å². The summed E-state index contributed by atoms with van der Waals surface area (Å²) < 4.78 is 52.8. The standard InChI is InChI=1S/C36H43N2O14S/c1-20-22-11-12-23-34-19-50-36(44,29(43)27(34)33(2,3)16-15-24(34)39)35(23,28(20)42)30(22)51-26(41)14-13-25(40)48-17-7-8-18-49-31-32(38(45)52-37-31)53(46,47)21-9-5-4-6-10-21/h4-6,9-10,22-23,27,29-30,37,43-44H,1,7-8,11-19H2,2-3H3/q+1/t22-,23-,27+,29-,30+,34+,35-,36-/m0/s1. The second kappa shape index (κ2) is 13.0. The summed E-state index contributed by atoms with van der Waals surface area (Å²) in [5.41, 5.74) is -3.59.